The van der Waals surface area contributed by atoms with Gasteiger partial charge in [-0.05, 0) is 0 Å². The quantitative estimate of drug-likeness (QED) is 0.535. The molecule has 0 aliphatic rings. The van der Waals surface area contributed by atoms with Gasteiger partial charge in [0, 0.05) is 0 Å². The molecule has 0 aromatic carbocycles. The summed E-state index contributed by atoms with van der Waals surface area (Å²) in [6, 6.07) is -1.60. The molecule has 4 nitrogen and oxygen atoms in total. The standard InChI is InChI=1S/C4H6FNO3/c1-9-4(8)6-2-3(5)7/h2H2,1H3,(H,6,8). The van der Waals surface area contributed by atoms with Gasteiger partial charge >= 0.3 is 12.1 Å². The number of ether oxygens (including phenoxy) is 1. The van der Waals surface area contributed by atoms with Crippen LogP contribution in [0, 0.1) is 0 Å². The molecule has 0 aliphatic carbocycles. The average molecular weight is 135 g/mol. The third kappa shape index (κ3) is 4.73. The van der Waals surface area contributed by atoms with Crippen molar-refractivity contribution < 1.29 is 18.7 Å². The summed E-state index contributed by atoms with van der Waals surface area (Å²) in [4.78, 5) is 19.6. The summed E-state index contributed by atoms with van der Waals surface area (Å²) in [5, 5.41) is 1.85. The van der Waals surface area contributed by atoms with Crippen LogP contribution in [0.1, 0.15) is 0 Å². The second-order valence-electron chi connectivity index (χ2n) is 1.20. The van der Waals surface area contributed by atoms with E-state index in [2.05, 4.69) is 4.74 Å². The molecule has 9 heavy (non-hydrogen) atoms. The van der Waals surface area contributed by atoms with Crippen molar-refractivity contribution in [2.24, 2.45) is 0 Å². The van der Waals surface area contributed by atoms with Crippen molar-refractivity contribution in [3.05, 3.63) is 0 Å². The zero-order valence-corrected chi connectivity index (χ0v) is 4.81. The Morgan fingerprint density at radius 2 is 2.22 bits per heavy atom. The number of amides is 1. The van der Waals surface area contributed by atoms with Crippen molar-refractivity contribution in [2.75, 3.05) is 13.7 Å². The second-order valence-corrected chi connectivity index (χ2v) is 1.20. The highest BCUT2D eigenvalue weighted by Gasteiger charge is 2.00. The predicted molar refractivity (Wildman–Crippen MR) is 26.5 cm³/mol. The average Bonchev–Trinajstić information content (AvgIpc) is 1.83. The normalized spacial score (nSPS) is 8.22. The lowest BCUT2D eigenvalue weighted by Gasteiger charge is -1.96. The molecule has 0 saturated heterocycles. The SMILES string of the molecule is COC(=O)NCC(=O)F. The topological polar surface area (TPSA) is 55.4 Å². The molecule has 0 unspecified atom stereocenters. The number of alkyl carbamates (subject to hydrolysis) is 1. The number of hydrogen-bond acceptors (Lipinski definition) is 3. The van der Waals surface area contributed by atoms with E-state index in [1.807, 2.05) is 5.32 Å². The summed E-state index contributed by atoms with van der Waals surface area (Å²) >= 11 is 0. The first kappa shape index (κ1) is 7.87. The highest BCUT2D eigenvalue weighted by atomic mass is 19.1. The summed E-state index contributed by atoms with van der Waals surface area (Å²) in [6.07, 6.45) is -0.819. The second kappa shape index (κ2) is 3.82. The summed E-state index contributed by atoms with van der Waals surface area (Å²) in [5.74, 6) is 0. The highest BCUT2D eigenvalue weighted by molar-refractivity contribution is 5.76. The molecule has 1 N–H and O–H groups in total. The first-order chi connectivity index (χ1) is 4.16. The van der Waals surface area contributed by atoms with E-state index in [1.165, 1.54) is 0 Å². The Bertz CT molecular complexity index is 125. The maximum atomic E-state index is 11.3. The Morgan fingerprint density at radius 1 is 1.67 bits per heavy atom. The van der Waals surface area contributed by atoms with E-state index in [1.54, 1.807) is 0 Å². The number of nitrogens with one attached hydrogen (secondary N) is 1. The van der Waals surface area contributed by atoms with Gasteiger partial charge in [0.05, 0.1) is 7.11 Å². The largest absolute Gasteiger partial charge is 0.453 e. The lowest BCUT2D eigenvalue weighted by molar-refractivity contribution is -0.128. The van der Waals surface area contributed by atoms with Crippen LogP contribution >= 0.6 is 0 Å². The molecule has 0 atom stereocenters. The Hall–Kier alpha value is -1.13. The molecule has 0 saturated carbocycles. The van der Waals surface area contributed by atoms with Crippen molar-refractivity contribution in [1.29, 1.82) is 0 Å². The number of carbonyl (C=O) groups excluding carboxylic acids is 2. The van der Waals surface area contributed by atoms with Gasteiger partial charge in [0.25, 0.3) is 0 Å². The van der Waals surface area contributed by atoms with Gasteiger partial charge in [0.1, 0.15) is 6.54 Å². The first-order valence-corrected chi connectivity index (χ1v) is 2.17. The fraction of sp³-hybridized carbons (Fsp3) is 0.500. The molecular formula is C4H6FNO3. The maximum Gasteiger partial charge on any atom is 0.407 e. The number of methoxy groups -OCH3 is 1. The van der Waals surface area contributed by atoms with Crippen molar-refractivity contribution in [3.8, 4) is 0 Å². The molecule has 0 fully saturated rings. The highest BCUT2D eigenvalue weighted by Crippen LogP contribution is 1.72. The van der Waals surface area contributed by atoms with E-state index in [4.69, 9.17) is 0 Å². The van der Waals surface area contributed by atoms with E-state index in [9.17, 15) is 14.0 Å². The van der Waals surface area contributed by atoms with Crippen molar-refractivity contribution in [1.82, 2.24) is 5.32 Å². The smallest absolute Gasteiger partial charge is 0.407 e. The molecule has 0 heterocycles. The van der Waals surface area contributed by atoms with Gasteiger partial charge < -0.3 is 10.1 Å². The minimum atomic E-state index is -1.60. The molecule has 0 spiro atoms. The fourth-order valence-electron chi connectivity index (χ4n) is 0.214. The summed E-state index contributed by atoms with van der Waals surface area (Å²) in [5.41, 5.74) is 0. The van der Waals surface area contributed by atoms with Crippen molar-refractivity contribution >= 4 is 12.1 Å². The fourth-order valence-corrected chi connectivity index (χ4v) is 0.214. The van der Waals surface area contributed by atoms with E-state index in [0.29, 0.717) is 0 Å². The van der Waals surface area contributed by atoms with Crippen molar-refractivity contribution in [2.45, 2.75) is 0 Å². The molecular weight excluding hydrogens is 129 g/mol. The molecule has 0 aromatic heterocycles. The van der Waals surface area contributed by atoms with E-state index < -0.39 is 18.7 Å². The monoisotopic (exact) mass is 135 g/mol. The summed E-state index contributed by atoms with van der Waals surface area (Å²) < 4.78 is 15.3. The lowest BCUT2D eigenvalue weighted by atomic mass is 10.7. The Kier molecular flexibility index (Phi) is 3.34. The Labute approximate surface area is 51.0 Å². The van der Waals surface area contributed by atoms with Crippen LogP contribution < -0.4 is 5.32 Å². The van der Waals surface area contributed by atoms with Crippen LogP contribution in [0.15, 0.2) is 0 Å². The minimum absolute atomic E-state index is 0.632. The van der Waals surface area contributed by atoms with Crippen LogP contribution in [0.5, 0.6) is 0 Å². The zero-order valence-electron chi connectivity index (χ0n) is 4.81. The number of halogens is 1. The summed E-state index contributed by atoms with van der Waals surface area (Å²) in [6.45, 7) is -0.632. The maximum absolute atomic E-state index is 11.3. The van der Waals surface area contributed by atoms with Crippen LogP contribution in [0.25, 0.3) is 0 Å². The van der Waals surface area contributed by atoms with Crippen LogP contribution in [0.4, 0.5) is 9.18 Å². The number of hydrogen-bond donors (Lipinski definition) is 1. The van der Waals surface area contributed by atoms with Gasteiger partial charge in [-0.1, -0.05) is 0 Å². The third-order valence-corrected chi connectivity index (χ3v) is 0.557. The van der Waals surface area contributed by atoms with E-state index in [0.717, 1.165) is 7.11 Å². The minimum Gasteiger partial charge on any atom is -0.453 e. The molecule has 0 radical (unpaired) electrons. The third-order valence-electron chi connectivity index (χ3n) is 0.557. The van der Waals surface area contributed by atoms with Crippen LogP contribution in [-0.2, 0) is 9.53 Å². The number of carbonyl (C=O) groups is 2. The zero-order chi connectivity index (χ0) is 7.28. The Balaban J connectivity index is 3.28. The molecule has 1 amide bonds. The van der Waals surface area contributed by atoms with E-state index >= 15 is 0 Å². The van der Waals surface area contributed by atoms with E-state index in [-0.39, 0.29) is 0 Å². The number of rotatable bonds is 2. The molecule has 0 aromatic rings. The van der Waals surface area contributed by atoms with Crippen LogP contribution in [0.2, 0.25) is 0 Å². The molecule has 0 rings (SSSR count). The molecule has 52 valence electrons. The predicted octanol–water partition coefficient (Wildman–Crippen LogP) is -0.162. The molecule has 5 heteroatoms. The van der Waals surface area contributed by atoms with Crippen LogP contribution in [-0.4, -0.2) is 25.8 Å². The van der Waals surface area contributed by atoms with Gasteiger partial charge in [-0.15, -0.1) is 0 Å². The summed E-state index contributed by atoms with van der Waals surface area (Å²) in [7, 11) is 1.12. The molecule has 0 aliphatic heterocycles. The van der Waals surface area contributed by atoms with Gasteiger partial charge in [0.15, 0.2) is 0 Å². The van der Waals surface area contributed by atoms with Crippen molar-refractivity contribution in [3.63, 3.8) is 0 Å². The lowest BCUT2D eigenvalue weighted by Crippen LogP contribution is -2.27. The van der Waals surface area contributed by atoms with Gasteiger partial charge in [-0.2, -0.15) is 4.39 Å². The van der Waals surface area contributed by atoms with Gasteiger partial charge in [0.2, 0.25) is 0 Å². The van der Waals surface area contributed by atoms with Crippen LogP contribution in [0.3, 0.4) is 0 Å². The van der Waals surface area contributed by atoms with Gasteiger partial charge in [-0.25, -0.2) is 4.79 Å². The Morgan fingerprint density at radius 3 is 2.56 bits per heavy atom. The molecule has 0 bridgehead atoms. The van der Waals surface area contributed by atoms with Gasteiger partial charge in [-0.3, -0.25) is 4.79 Å². The first-order valence-electron chi connectivity index (χ1n) is 2.17.